The van der Waals surface area contributed by atoms with Gasteiger partial charge in [0.15, 0.2) is 5.69 Å². The lowest BCUT2D eigenvalue weighted by Crippen LogP contribution is -2.35. The van der Waals surface area contributed by atoms with E-state index in [0.717, 1.165) is 0 Å². The number of hydrogen-bond donors (Lipinski definition) is 1. The number of rotatable bonds is 5. The van der Waals surface area contributed by atoms with Crippen LogP contribution in [-0.4, -0.2) is 45.4 Å². The predicted octanol–water partition coefficient (Wildman–Crippen LogP) is 1.52. The van der Waals surface area contributed by atoms with Crippen LogP contribution in [0.3, 0.4) is 0 Å². The largest absolute Gasteiger partial charge is 0.393 e. The van der Waals surface area contributed by atoms with Crippen molar-refractivity contribution >= 4 is 5.91 Å². The molecule has 0 bridgehead atoms. The Kier molecular flexibility index (Phi) is 5.46. The molecule has 0 spiro atoms. The second-order valence-electron chi connectivity index (χ2n) is 5.73. The Morgan fingerprint density at radius 2 is 2.08 bits per heavy atom. The van der Waals surface area contributed by atoms with E-state index in [-0.39, 0.29) is 17.9 Å². The second-order valence-corrected chi connectivity index (χ2v) is 5.73. The van der Waals surface area contributed by atoms with E-state index in [2.05, 4.69) is 5.10 Å². The molecule has 1 heterocycles. The minimum Gasteiger partial charge on any atom is -0.393 e. The van der Waals surface area contributed by atoms with Crippen LogP contribution in [0.1, 0.15) is 29.5 Å². The number of benzene rings is 1. The highest BCUT2D eigenvalue weighted by Gasteiger charge is 2.20. The number of nitrogens with zero attached hydrogens (tertiary/aromatic N) is 3. The Balaban J connectivity index is 2.42. The zero-order valence-corrected chi connectivity index (χ0v) is 13.9. The van der Waals surface area contributed by atoms with Crippen LogP contribution in [-0.2, 0) is 0 Å². The van der Waals surface area contributed by atoms with Gasteiger partial charge in [0.25, 0.3) is 5.91 Å². The van der Waals surface area contributed by atoms with Gasteiger partial charge in [-0.15, -0.1) is 0 Å². The molecular weight excluding hydrogens is 313 g/mol. The summed E-state index contributed by atoms with van der Waals surface area (Å²) >= 11 is 0. The first kappa shape index (κ1) is 17.8. The maximum absolute atomic E-state index is 14.0. The van der Waals surface area contributed by atoms with Crippen LogP contribution >= 0.6 is 0 Å². The number of aliphatic hydroxyl groups is 1. The molecule has 0 fully saturated rings. The van der Waals surface area contributed by atoms with Crippen LogP contribution in [0, 0.1) is 12.7 Å². The van der Waals surface area contributed by atoms with Gasteiger partial charge in [0, 0.05) is 25.4 Å². The maximum atomic E-state index is 14.0. The van der Waals surface area contributed by atoms with Gasteiger partial charge in [-0.25, -0.2) is 9.07 Å². The van der Waals surface area contributed by atoms with Crippen molar-refractivity contribution in [2.45, 2.75) is 26.4 Å². The van der Waals surface area contributed by atoms with Crippen LogP contribution in [0.2, 0.25) is 0 Å². The van der Waals surface area contributed by atoms with Crippen molar-refractivity contribution in [3.05, 3.63) is 57.8 Å². The SMILES string of the molecule is Cc1cc(=O)c(C(=O)N(C)CCC(C)O)nn1-c1ccccc1F. The van der Waals surface area contributed by atoms with Crippen molar-refractivity contribution < 1.29 is 14.3 Å². The first-order valence-electron chi connectivity index (χ1n) is 7.60. The molecule has 0 saturated heterocycles. The summed E-state index contributed by atoms with van der Waals surface area (Å²) in [4.78, 5) is 25.9. The van der Waals surface area contributed by atoms with Gasteiger partial charge in [-0.1, -0.05) is 12.1 Å². The monoisotopic (exact) mass is 333 g/mol. The summed E-state index contributed by atoms with van der Waals surface area (Å²) in [5.74, 6) is -1.07. The Morgan fingerprint density at radius 3 is 2.71 bits per heavy atom. The van der Waals surface area contributed by atoms with E-state index in [1.807, 2.05) is 0 Å². The van der Waals surface area contributed by atoms with Crippen LogP contribution in [0.5, 0.6) is 0 Å². The number of para-hydroxylation sites is 1. The van der Waals surface area contributed by atoms with E-state index in [1.54, 1.807) is 26.0 Å². The lowest BCUT2D eigenvalue weighted by atomic mass is 10.2. The predicted molar refractivity (Wildman–Crippen MR) is 87.8 cm³/mol. The first-order valence-corrected chi connectivity index (χ1v) is 7.60. The van der Waals surface area contributed by atoms with Gasteiger partial charge in [-0.05, 0) is 32.4 Å². The molecule has 0 aliphatic heterocycles. The van der Waals surface area contributed by atoms with E-state index < -0.39 is 23.3 Å². The molecule has 1 aromatic heterocycles. The molecule has 0 aliphatic rings. The number of aryl methyl sites for hydroxylation is 1. The minimum absolute atomic E-state index is 0.163. The average molecular weight is 333 g/mol. The molecule has 1 N–H and O–H groups in total. The molecule has 24 heavy (non-hydrogen) atoms. The van der Waals surface area contributed by atoms with Gasteiger partial charge in [-0.2, -0.15) is 5.10 Å². The fourth-order valence-electron chi connectivity index (χ4n) is 2.23. The molecule has 128 valence electrons. The summed E-state index contributed by atoms with van der Waals surface area (Å²) < 4.78 is 15.2. The zero-order chi connectivity index (χ0) is 17.9. The lowest BCUT2D eigenvalue weighted by Gasteiger charge is -2.18. The van der Waals surface area contributed by atoms with Crippen LogP contribution < -0.4 is 5.43 Å². The number of aliphatic hydroxyl groups excluding tert-OH is 1. The van der Waals surface area contributed by atoms with Crippen molar-refractivity contribution in [3.63, 3.8) is 0 Å². The topological polar surface area (TPSA) is 75.4 Å². The third-order valence-electron chi connectivity index (χ3n) is 3.62. The molecule has 2 rings (SSSR count). The number of amides is 1. The smallest absolute Gasteiger partial charge is 0.278 e. The van der Waals surface area contributed by atoms with Gasteiger partial charge in [0.2, 0.25) is 5.43 Å². The number of aromatic nitrogens is 2. The normalized spacial score (nSPS) is 12.0. The van der Waals surface area contributed by atoms with Crippen LogP contribution in [0.15, 0.2) is 35.1 Å². The van der Waals surface area contributed by atoms with Gasteiger partial charge in [0.1, 0.15) is 11.5 Å². The molecule has 1 unspecified atom stereocenters. The Bertz CT molecular complexity index is 802. The third kappa shape index (κ3) is 3.86. The molecular formula is C17H20FN3O3. The molecule has 0 radical (unpaired) electrons. The highest BCUT2D eigenvalue weighted by atomic mass is 19.1. The Labute approximate surface area is 139 Å². The fraction of sp³-hybridized carbons (Fsp3) is 0.353. The molecule has 1 aromatic carbocycles. The van der Waals surface area contributed by atoms with Crippen LogP contribution in [0.4, 0.5) is 4.39 Å². The summed E-state index contributed by atoms with van der Waals surface area (Å²) in [6.45, 7) is 3.52. The molecule has 1 amide bonds. The van der Waals surface area contributed by atoms with Crippen molar-refractivity contribution in [1.82, 2.24) is 14.7 Å². The summed E-state index contributed by atoms with van der Waals surface area (Å²) in [6, 6.07) is 7.26. The molecule has 7 heteroatoms. The van der Waals surface area contributed by atoms with Crippen molar-refractivity contribution in [1.29, 1.82) is 0 Å². The highest BCUT2D eigenvalue weighted by Crippen LogP contribution is 2.13. The lowest BCUT2D eigenvalue weighted by molar-refractivity contribution is 0.0760. The van der Waals surface area contributed by atoms with Crippen molar-refractivity contribution in [2.75, 3.05) is 13.6 Å². The second kappa shape index (κ2) is 7.35. The quantitative estimate of drug-likeness (QED) is 0.900. The maximum Gasteiger partial charge on any atom is 0.278 e. The van der Waals surface area contributed by atoms with Gasteiger partial charge >= 0.3 is 0 Å². The molecule has 1 atom stereocenters. The highest BCUT2D eigenvalue weighted by molar-refractivity contribution is 5.91. The summed E-state index contributed by atoms with van der Waals surface area (Å²) in [5, 5.41) is 13.4. The van der Waals surface area contributed by atoms with Gasteiger partial charge in [0.05, 0.1) is 6.10 Å². The van der Waals surface area contributed by atoms with E-state index in [4.69, 9.17) is 0 Å². The first-order chi connectivity index (χ1) is 11.3. The third-order valence-corrected chi connectivity index (χ3v) is 3.62. The molecule has 0 aliphatic carbocycles. The van der Waals surface area contributed by atoms with E-state index >= 15 is 0 Å². The van der Waals surface area contributed by atoms with Gasteiger partial charge in [-0.3, -0.25) is 9.59 Å². The number of hydrogen-bond acceptors (Lipinski definition) is 4. The number of halogens is 1. The molecule has 6 nitrogen and oxygen atoms in total. The molecule has 0 saturated carbocycles. The summed E-state index contributed by atoms with van der Waals surface area (Å²) in [6.07, 6.45) is -0.170. The fourth-order valence-corrected chi connectivity index (χ4v) is 2.23. The minimum atomic E-state index is -0.564. The van der Waals surface area contributed by atoms with E-state index in [0.29, 0.717) is 12.1 Å². The summed E-state index contributed by atoms with van der Waals surface area (Å²) in [7, 11) is 1.53. The Morgan fingerprint density at radius 1 is 1.42 bits per heavy atom. The van der Waals surface area contributed by atoms with Crippen LogP contribution in [0.25, 0.3) is 5.69 Å². The van der Waals surface area contributed by atoms with E-state index in [9.17, 15) is 19.1 Å². The molecule has 2 aromatic rings. The van der Waals surface area contributed by atoms with E-state index in [1.165, 1.54) is 34.8 Å². The average Bonchev–Trinajstić information content (AvgIpc) is 2.53. The van der Waals surface area contributed by atoms with Crippen molar-refractivity contribution in [3.8, 4) is 5.69 Å². The summed E-state index contributed by atoms with van der Waals surface area (Å²) in [5.41, 5.74) is -0.213. The van der Waals surface area contributed by atoms with Crippen molar-refractivity contribution in [2.24, 2.45) is 0 Å². The Hall–Kier alpha value is -2.54. The standard InChI is InChI=1S/C17H20FN3O3/c1-11-10-15(23)16(17(24)20(3)9-8-12(2)22)19-21(11)14-7-5-4-6-13(14)18/h4-7,10,12,22H,8-9H2,1-3H3. The van der Waals surface area contributed by atoms with Gasteiger partial charge < -0.3 is 10.0 Å². The number of carbonyl (C=O) groups excluding carboxylic acids is 1. The zero-order valence-electron chi connectivity index (χ0n) is 13.9. The number of carbonyl (C=O) groups is 1.